The first-order valence-corrected chi connectivity index (χ1v) is 6.36. The SMILES string of the molecule is Cc1cc(-c2noc(CNCC(C)C)n2)ccc1F. The Balaban J connectivity index is 2.05. The lowest BCUT2D eigenvalue weighted by molar-refractivity contribution is 0.364. The van der Waals surface area contributed by atoms with Gasteiger partial charge in [-0.25, -0.2) is 4.39 Å². The summed E-state index contributed by atoms with van der Waals surface area (Å²) in [5.74, 6) is 1.37. The van der Waals surface area contributed by atoms with E-state index in [2.05, 4.69) is 29.3 Å². The van der Waals surface area contributed by atoms with Gasteiger partial charge < -0.3 is 9.84 Å². The quantitative estimate of drug-likeness (QED) is 0.901. The summed E-state index contributed by atoms with van der Waals surface area (Å²) in [5, 5.41) is 7.14. The van der Waals surface area contributed by atoms with Gasteiger partial charge in [0, 0.05) is 5.56 Å². The molecule has 4 nitrogen and oxygen atoms in total. The predicted molar refractivity (Wildman–Crippen MR) is 71.0 cm³/mol. The minimum atomic E-state index is -0.230. The molecule has 1 heterocycles. The Bertz CT molecular complexity index is 551. The van der Waals surface area contributed by atoms with Crippen molar-refractivity contribution in [1.29, 1.82) is 0 Å². The van der Waals surface area contributed by atoms with Crippen LogP contribution in [0.3, 0.4) is 0 Å². The fourth-order valence-corrected chi connectivity index (χ4v) is 1.70. The number of benzene rings is 1. The molecule has 0 amide bonds. The summed E-state index contributed by atoms with van der Waals surface area (Å²) >= 11 is 0. The molecule has 2 aromatic rings. The Morgan fingerprint density at radius 2 is 2.16 bits per heavy atom. The van der Waals surface area contributed by atoms with E-state index >= 15 is 0 Å². The third-order valence-electron chi connectivity index (χ3n) is 2.71. The lowest BCUT2D eigenvalue weighted by Crippen LogP contribution is -2.19. The van der Waals surface area contributed by atoms with Gasteiger partial charge in [-0.15, -0.1) is 0 Å². The van der Waals surface area contributed by atoms with E-state index in [1.54, 1.807) is 19.1 Å². The maximum atomic E-state index is 13.2. The molecule has 0 aliphatic carbocycles. The lowest BCUT2D eigenvalue weighted by atomic mass is 10.1. The Hall–Kier alpha value is -1.75. The Morgan fingerprint density at radius 3 is 2.84 bits per heavy atom. The van der Waals surface area contributed by atoms with Gasteiger partial charge in [-0.3, -0.25) is 0 Å². The van der Waals surface area contributed by atoms with Gasteiger partial charge >= 0.3 is 0 Å². The average molecular weight is 263 g/mol. The smallest absolute Gasteiger partial charge is 0.240 e. The standard InChI is InChI=1S/C14H18FN3O/c1-9(2)7-16-8-13-17-14(18-19-13)11-4-5-12(15)10(3)6-11/h4-6,9,16H,7-8H2,1-3H3. The zero-order valence-electron chi connectivity index (χ0n) is 11.4. The molecule has 1 N–H and O–H groups in total. The molecule has 0 radical (unpaired) electrons. The third kappa shape index (κ3) is 3.61. The summed E-state index contributed by atoms with van der Waals surface area (Å²) in [5.41, 5.74) is 1.33. The second-order valence-corrected chi connectivity index (χ2v) is 5.00. The van der Waals surface area contributed by atoms with Crippen LogP contribution in [-0.2, 0) is 6.54 Å². The number of rotatable bonds is 5. The molecule has 2 rings (SSSR count). The predicted octanol–water partition coefficient (Wildman–Crippen LogP) is 2.93. The van der Waals surface area contributed by atoms with Crippen molar-refractivity contribution in [3.8, 4) is 11.4 Å². The summed E-state index contributed by atoms with van der Waals surface area (Å²) in [6.45, 7) is 7.42. The van der Waals surface area contributed by atoms with Crippen LogP contribution in [0.5, 0.6) is 0 Å². The van der Waals surface area contributed by atoms with Crippen LogP contribution in [0.1, 0.15) is 25.3 Å². The van der Waals surface area contributed by atoms with Gasteiger partial charge in [0.2, 0.25) is 11.7 Å². The maximum absolute atomic E-state index is 13.2. The van der Waals surface area contributed by atoms with Crippen LogP contribution in [0.25, 0.3) is 11.4 Å². The van der Waals surface area contributed by atoms with Crippen molar-refractivity contribution in [3.63, 3.8) is 0 Å². The van der Waals surface area contributed by atoms with Gasteiger partial charge in [-0.1, -0.05) is 19.0 Å². The number of aryl methyl sites for hydroxylation is 1. The topological polar surface area (TPSA) is 51.0 Å². The highest BCUT2D eigenvalue weighted by atomic mass is 19.1. The molecule has 0 spiro atoms. The normalized spacial score (nSPS) is 11.2. The van der Waals surface area contributed by atoms with E-state index in [9.17, 15) is 4.39 Å². The molecule has 1 aromatic heterocycles. The summed E-state index contributed by atoms with van der Waals surface area (Å²) in [6.07, 6.45) is 0. The average Bonchev–Trinajstić information content (AvgIpc) is 2.81. The minimum Gasteiger partial charge on any atom is -0.338 e. The fraction of sp³-hybridized carbons (Fsp3) is 0.429. The van der Waals surface area contributed by atoms with Crippen molar-refractivity contribution in [2.75, 3.05) is 6.54 Å². The van der Waals surface area contributed by atoms with Crippen LogP contribution >= 0.6 is 0 Å². The molecule has 5 heteroatoms. The number of halogens is 1. The van der Waals surface area contributed by atoms with Gasteiger partial charge in [-0.2, -0.15) is 4.98 Å². The van der Waals surface area contributed by atoms with Crippen molar-refractivity contribution in [3.05, 3.63) is 35.5 Å². The molecule has 19 heavy (non-hydrogen) atoms. The van der Waals surface area contributed by atoms with Crippen molar-refractivity contribution in [1.82, 2.24) is 15.5 Å². The maximum Gasteiger partial charge on any atom is 0.240 e. The molecule has 0 bridgehead atoms. The highest BCUT2D eigenvalue weighted by Gasteiger charge is 2.09. The number of nitrogens with one attached hydrogen (secondary N) is 1. The van der Waals surface area contributed by atoms with Gasteiger partial charge in [0.1, 0.15) is 5.82 Å². The number of nitrogens with zero attached hydrogens (tertiary/aromatic N) is 2. The molecule has 102 valence electrons. The Morgan fingerprint density at radius 1 is 1.37 bits per heavy atom. The van der Waals surface area contributed by atoms with Crippen LogP contribution in [-0.4, -0.2) is 16.7 Å². The molecule has 0 saturated carbocycles. The van der Waals surface area contributed by atoms with E-state index in [1.165, 1.54) is 6.07 Å². The second kappa shape index (κ2) is 5.93. The van der Waals surface area contributed by atoms with Crippen molar-refractivity contribution >= 4 is 0 Å². The van der Waals surface area contributed by atoms with Gasteiger partial charge in [0.15, 0.2) is 0 Å². The molecule has 1 aromatic carbocycles. The van der Waals surface area contributed by atoms with Crippen molar-refractivity contribution in [2.45, 2.75) is 27.3 Å². The van der Waals surface area contributed by atoms with Crippen molar-refractivity contribution in [2.24, 2.45) is 5.92 Å². The summed E-state index contributed by atoms with van der Waals surface area (Å²) in [7, 11) is 0. The van der Waals surface area contributed by atoms with E-state index in [4.69, 9.17) is 4.52 Å². The first-order chi connectivity index (χ1) is 9.06. The fourth-order valence-electron chi connectivity index (χ4n) is 1.70. The first-order valence-electron chi connectivity index (χ1n) is 6.36. The summed E-state index contributed by atoms with van der Waals surface area (Å²) in [4.78, 5) is 4.29. The summed E-state index contributed by atoms with van der Waals surface area (Å²) < 4.78 is 18.3. The second-order valence-electron chi connectivity index (χ2n) is 5.00. The number of hydrogen-bond donors (Lipinski definition) is 1. The first kappa shape index (κ1) is 13.7. The third-order valence-corrected chi connectivity index (χ3v) is 2.71. The van der Waals surface area contributed by atoms with E-state index in [-0.39, 0.29) is 5.82 Å². The zero-order valence-corrected chi connectivity index (χ0v) is 11.4. The molecule has 0 unspecified atom stereocenters. The number of hydrogen-bond acceptors (Lipinski definition) is 4. The molecular weight excluding hydrogens is 245 g/mol. The minimum absolute atomic E-state index is 0.230. The molecule has 0 atom stereocenters. The molecule has 0 fully saturated rings. The highest BCUT2D eigenvalue weighted by Crippen LogP contribution is 2.18. The van der Waals surface area contributed by atoms with Gasteiger partial charge in [0.05, 0.1) is 6.54 Å². The van der Waals surface area contributed by atoms with Crippen LogP contribution in [0.2, 0.25) is 0 Å². The van der Waals surface area contributed by atoms with Crippen LogP contribution in [0.4, 0.5) is 4.39 Å². The molecule has 0 saturated heterocycles. The van der Waals surface area contributed by atoms with Crippen LogP contribution in [0.15, 0.2) is 22.7 Å². The van der Waals surface area contributed by atoms with E-state index in [1.807, 2.05) is 0 Å². The molecular formula is C14H18FN3O. The van der Waals surface area contributed by atoms with E-state index in [0.717, 1.165) is 12.1 Å². The summed E-state index contributed by atoms with van der Waals surface area (Å²) in [6, 6.07) is 4.78. The van der Waals surface area contributed by atoms with Crippen molar-refractivity contribution < 1.29 is 8.91 Å². The lowest BCUT2D eigenvalue weighted by Gasteiger charge is -2.03. The van der Waals surface area contributed by atoms with E-state index in [0.29, 0.717) is 29.7 Å². The van der Waals surface area contributed by atoms with Gasteiger partial charge in [-0.05, 0) is 43.1 Å². The Labute approximate surface area is 112 Å². The largest absolute Gasteiger partial charge is 0.338 e. The van der Waals surface area contributed by atoms with Gasteiger partial charge in [0.25, 0.3) is 0 Å². The number of aromatic nitrogens is 2. The van der Waals surface area contributed by atoms with Crippen LogP contribution < -0.4 is 5.32 Å². The zero-order chi connectivity index (χ0) is 13.8. The van der Waals surface area contributed by atoms with Crippen LogP contribution in [0, 0.1) is 18.7 Å². The highest BCUT2D eigenvalue weighted by molar-refractivity contribution is 5.55. The Kier molecular flexibility index (Phi) is 4.27. The molecule has 0 aliphatic heterocycles. The van der Waals surface area contributed by atoms with E-state index < -0.39 is 0 Å². The monoisotopic (exact) mass is 263 g/mol. The molecule has 0 aliphatic rings.